The maximum Gasteiger partial charge on any atom is -0.0123 e. The maximum absolute atomic E-state index is 3.92. The van der Waals surface area contributed by atoms with Crippen LogP contribution in [0.5, 0.6) is 0 Å². The van der Waals surface area contributed by atoms with Gasteiger partial charge < -0.3 is 0 Å². The molecule has 1 heteroatoms. The highest BCUT2D eigenvalue weighted by molar-refractivity contribution is 6.42. The third-order valence-electron chi connectivity index (χ3n) is 1.42. The second-order valence-corrected chi connectivity index (χ2v) is 3.96. The molecule has 0 heterocycles. The van der Waals surface area contributed by atoms with Gasteiger partial charge in [0.1, 0.15) is 0 Å². The fraction of sp³-hybridized carbons (Fsp3) is 0.857. The van der Waals surface area contributed by atoms with Crippen LogP contribution in [-0.4, -0.2) is 15.3 Å². The van der Waals surface area contributed by atoms with Crippen molar-refractivity contribution in [1.29, 1.82) is 0 Å². The first-order valence-electron chi connectivity index (χ1n) is 3.43. The Hall–Kier alpha value is 0.0869. The molecule has 0 bridgehead atoms. The summed E-state index contributed by atoms with van der Waals surface area (Å²) in [4.78, 5) is 0. The third kappa shape index (κ3) is 4.25. The van der Waals surface area contributed by atoms with Crippen LogP contribution in [0, 0.1) is 0 Å². The van der Waals surface area contributed by atoms with Crippen molar-refractivity contribution < 1.29 is 0 Å². The lowest BCUT2D eigenvalue weighted by atomic mass is 10.2. The van der Waals surface area contributed by atoms with E-state index in [1.165, 1.54) is 19.3 Å². The Labute approximate surface area is 54.7 Å². The zero-order valence-electron chi connectivity index (χ0n) is 5.98. The fourth-order valence-electron chi connectivity index (χ4n) is 0.644. The molecule has 0 radical (unpaired) electrons. The van der Waals surface area contributed by atoms with Crippen LogP contribution < -0.4 is 0 Å². The van der Waals surface area contributed by atoms with Crippen LogP contribution in [0.2, 0.25) is 5.54 Å². The Morgan fingerprint density at radius 3 is 2.62 bits per heavy atom. The van der Waals surface area contributed by atoms with E-state index in [0.29, 0.717) is 9.13 Å². The molecule has 1 unspecified atom stereocenters. The van der Waals surface area contributed by atoms with E-state index in [9.17, 15) is 0 Å². The van der Waals surface area contributed by atoms with Crippen molar-refractivity contribution in [2.24, 2.45) is 0 Å². The molecule has 0 aliphatic carbocycles. The highest BCUT2D eigenvalue weighted by atomic mass is 28.2. The molecule has 0 aliphatic rings. The molecular weight excluding hydrogens is 112 g/mol. The van der Waals surface area contributed by atoms with Crippen LogP contribution in [0.3, 0.4) is 0 Å². The van der Waals surface area contributed by atoms with Gasteiger partial charge in [-0.25, -0.2) is 0 Å². The Kier molecular flexibility index (Phi) is 5.28. The van der Waals surface area contributed by atoms with Gasteiger partial charge in [-0.1, -0.05) is 33.1 Å². The van der Waals surface area contributed by atoms with E-state index >= 15 is 0 Å². The van der Waals surface area contributed by atoms with Gasteiger partial charge in [-0.2, -0.15) is 0 Å². The summed E-state index contributed by atoms with van der Waals surface area (Å²) < 4.78 is 0. The Bertz CT molecular complexity index is 59.4. The van der Waals surface area contributed by atoms with Gasteiger partial charge in [0.15, 0.2) is 0 Å². The maximum atomic E-state index is 3.92. The molecule has 0 rings (SSSR count). The molecule has 0 aliphatic heterocycles. The van der Waals surface area contributed by atoms with E-state index in [2.05, 4.69) is 20.0 Å². The van der Waals surface area contributed by atoms with Crippen LogP contribution in [0.15, 0.2) is 0 Å². The summed E-state index contributed by atoms with van der Waals surface area (Å²) in [5.74, 6) is 0. The summed E-state index contributed by atoms with van der Waals surface area (Å²) in [6, 6.07) is 0. The number of rotatable bonds is 4. The number of hydrogen-bond donors (Lipinski definition) is 0. The first kappa shape index (κ1) is 8.09. The predicted molar refractivity (Wildman–Crippen MR) is 43.2 cm³/mol. The van der Waals surface area contributed by atoms with Crippen LogP contribution in [-0.2, 0) is 0 Å². The standard InChI is InChI=1S/C7H16Si/c1-4-5-6-7(2)8-3/h7-8H,3-6H2,1-2H3. The molecule has 0 nitrogen and oxygen atoms in total. The molecule has 0 fully saturated rings. The first-order valence-corrected chi connectivity index (χ1v) is 4.92. The SMILES string of the molecule is C=[SiH]C(C)CCCC. The molecule has 0 aromatic rings. The Morgan fingerprint density at radius 1 is 1.62 bits per heavy atom. The van der Waals surface area contributed by atoms with E-state index in [0.717, 1.165) is 5.54 Å². The highest BCUT2D eigenvalue weighted by Crippen LogP contribution is 2.08. The molecule has 0 N–H and O–H groups in total. The van der Waals surface area contributed by atoms with Gasteiger partial charge in [0.2, 0.25) is 0 Å². The third-order valence-corrected chi connectivity index (χ3v) is 2.55. The van der Waals surface area contributed by atoms with Gasteiger partial charge >= 0.3 is 0 Å². The van der Waals surface area contributed by atoms with Gasteiger partial charge in [-0.05, 0) is 14.7 Å². The second-order valence-electron chi connectivity index (χ2n) is 2.36. The summed E-state index contributed by atoms with van der Waals surface area (Å²) in [5.41, 5.74) is 0.926. The van der Waals surface area contributed by atoms with Crippen LogP contribution in [0.25, 0.3) is 0 Å². The summed E-state index contributed by atoms with van der Waals surface area (Å²) in [6.07, 6.45) is 8.05. The summed E-state index contributed by atoms with van der Waals surface area (Å²) in [6.45, 7) is 4.54. The summed E-state index contributed by atoms with van der Waals surface area (Å²) in [5, 5.41) is 0. The lowest BCUT2D eigenvalue weighted by molar-refractivity contribution is 0.700. The lowest BCUT2D eigenvalue weighted by Gasteiger charge is -2.00. The zero-order chi connectivity index (χ0) is 6.41. The van der Waals surface area contributed by atoms with E-state index in [4.69, 9.17) is 0 Å². The van der Waals surface area contributed by atoms with Crippen molar-refractivity contribution in [3.8, 4) is 0 Å². The van der Waals surface area contributed by atoms with Crippen molar-refractivity contribution >= 4 is 15.3 Å². The fourth-order valence-corrected chi connectivity index (χ4v) is 1.12. The number of unbranched alkanes of at least 4 members (excludes halogenated alkanes) is 1. The molecule has 8 heavy (non-hydrogen) atoms. The van der Waals surface area contributed by atoms with E-state index < -0.39 is 0 Å². The zero-order valence-corrected chi connectivity index (χ0v) is 7.14. The molecule has 0 saturated carbocycles. The van der Waals surface area contributed by atoms with Gasteiger partial charge in [0.25, 0.3) is 0 Å². The molecular formula is C7H16Si. The minimum atomic E-state index is 0.480. The lowest BCUT2D eigenvalue weighted by Crippen LogP contribution is -1.88. The molecule has 48 valence electrons. The quantitative estimate of drug-likeness (QED) is 0.507. The predicted octanol–water partition coefficient (Wildman–Crippen LogP) is 1.85. The van der Waals surface area contributed by atoms with Crippen molar-refractivity contribution in [2.75, 3.05) is 0 Å². The topological polar surface area (TPSA) is 0 Å². The minimum absolute atomic E-state index is 0.480. The molecule has 0 amide bonds. The molecule has 0 spiro atoms. The summed E-state index contributed by atoms with van der Waals surface area (Å²) >= 11 is 0. The van der Waals surface area contributed by atoms with Crippen LogP contribution in [0.1, 0.15) is 33.1 Å². The average Bonchev–Trinajstić information content (AvgIpc) is 1.83. The normalized spacial score (nSPS) is 13.2. The Balaban J connectivity index is 2.98. The van der Waals surface area contributed by atoms with E-state index in [1.54, 1.807) is 0 Å². The van der Waals surface area contributed by atoms with Crippen molar-refractivity contribution in [3.63, 3.8) is 0 Å². The van der Waals surface area contributed by atoms with Gasteiger partial charge in [0, 0.05) is 0 Å². The Morgan fingerprint density at radius 2 is 2.25 bits per heavy atom. The van der Waals surface area contributed by atoms with Gasteiger partial charge in [-0.15, -0.1) is 6.17 Å². The largest absolute Gasteiger partial charge is 0.121 e. The first-order chi connectivity index (χ1) is 3.81. The van der Waals surface area contributed by atoms with Crippen LogP contribution in [0.4, 0.5) is 0 Å². The monoisotopic (exact) mass is 128 g/mol. The second kappa shape index (κ2) is 5.23. The molecule has 1 atom stereocenters. The number of hydrogen-bond acceptors (Lipinski definition) is 0. The van der Waals surface area contributed by atoms with E-state index in [1.807, 2.05) is 0 Å². The molecule has 0 aromatic carbocycles. The van der Waals surface area contributed by atoms with Gasteiger partial charge in [-0.3, -0.25) is 0 Å². The van der Waals surface area contributed by atoms with Crippen molar-refractivity contribution in [3.05, 3.63) is 0 Å². The van der Waals surface area contributed by atoms with Crippen molar-refractivity contribution in [1.82, 2.24) is 0 Å². The minimum Gasteiger partial charge on any atom is -0.121 e. The highest BCUT2D eigenvalue weighted by Gasteiger charge is 1.91. The average molecular weight is 128 g/mol. The molecule has 0 aromatic heterocycles. The van der Waals surface area contributed by atoms with Crippen molar-refractivity contribution in [2.45, 2.75) is 38.7 Å². The molecule has 0 saturated heterocycles. The smallest absolute Gasteiger partial charge is 0.0123 e. The van der Waals surface area contributed by atoms with Gasteiger partial charge in [0.05, 0.1) is 0 Å². The summed E-state index contributed by atoms with van der Waals surface area (Å²) in [7, 11) is 0.480. The van der Waals surface area contributed by atoms with E-state index in [-0.39, 0.29) is 0 Å². The van der Waals surface area contributed by atoms with Crippen LogP contribution >= 0.6 is 0 Å².